The number of halogens is 1. The highest BCUT2D eigenvalue weighted by atomic mass is 19.1. The molecule has 0 spiro atoms. The molecule has 1 N–H and O–H groups in total. The topological polar surface area (TPSA) is 24.9 Å². The zero-order valence-electron chi connectivity index (χ0n) is 11.4. The lowest BCUT2D eigenvalue weighted by Gasteiger charge is -2.15. The number of nitrogens with one attached hydrogen (secondary N) is 1. The van der Waals surface area contributed by atoms with E-state index in [0.717, 1.165) is 24.1 Å². The second kappa shape index (κ2) is 6.43. The molecule has 2 rings (SSSR count). The first-order valence-electron chi connectivity index (χ1n) is 6.65. The molecule has 1 aromatic heterocycles. The van der Waals surface area contributed by atoms with Crippen LogP contribution in [0.3, 0.4) is 0 Å². The highest BCUT2D eigenvalue weighted by Crippen LogP contribution is 2.25. The Kier molecular flexibility index (Phi) is 4.63. The molecule has 1 aromatic carbocycles. The number of hydrogen-bond acceptors (Lipinski definition) is 2. The number of hydrogen-bond donors (Lipinski definition) is 1. The van der Waals surface area contributed by atoms with Gasteiger partial charge in [0.05, 0.1) is 0 Å². The number of pyridine rings is 1. The Morgan fingerprint density at radius 2 is 1.95 bits per heavy atom. The van der Waals surface area contributed by atoms with E-state index in [2.05, 4.69) is 24.1 Å². The molecule has 3 heteroatoms. The molecule has 0 radical (unpaired) electrons. The molecular weight excluding hydrogens is 239 g/mol. The fraction of sp³-hybridized carbons (Fsp3) is 0.312. The van der Waals surface area contributed by atoms with Crippen LogP contribution in [0.2, 0.25) is 0 Å². The lowest BCUT2D eigenvalue weighted by atomic mass is 10.00. The van der Waals surface area contributed by atoms with E-state index >= 15 is 0 Å². The van der Waals surface area contributed by atoms with Crippen molar-refractivity contribution in [3.8, 4) is 11.1 Å². The van der Waals surface area contributed by atoms with Gasteiger partial charge in [0.15, 0.2) is 0 Å². The average molecular weight is 258 g/mol. The quantitative estimate of drug-likeness (QED) is 0.878. The summed E-state index contributed by atoms with van der Waals surface area (Å²) in [6.45, 7) is 5.19. The van der Waals surface area contributed by atoms with E-state index in [4.69, 9.17) is 0 Å². The number of nitrogens with zero attached hydrogens (tertiary/aromatic N) is 1. The number of benzene rings is 1. The molecule has 100 valence electrons. The van der Waals surface area contributed by atoms with Gasteiger partial charge in [0.25, 0.3) is 0 Å². The maximum Gasteiger partial charge on any atom is 0.131 e. The van der Waals surface area contributed by atoms with Gasteiger partial charge in [-0.15, -0.1) is 0 Å². The molecule has 0 fully saturated rings. The van der Waals surface area contributed by atoms with Gasteiger partial charge in [-0.25, -0.2) is 4.39 Å². The van der Waals surface area contributed by atoms with E-state index in [9.17, 15) is 4.39 Å². The normalized spacial score (nSPS) is 12.4. The van der Waals surface area contributed by atoms with Gasteiger partial charge in [-0.2, -0.15) is 0 Å². The van der Waals surface area contributed by atoms with Crippen LogP contribution in [0.5, 0.6) is 0 Å². The second-order valence-electron chi connectivity index (χ2n) is 4.65. The van der Waals surface area contributed by atoms with Crippen LogP contribution in [0.25, 0.3) is 11.1 Å². The van der Waals surface area contributed by atoms with Gasteiger partial charge < -0.3 is 5.32 Å². The minimum atomic E-state index is -0.197. The Morgan fingerprint density at radius 3 is 2.63 bits per heavy atom. The third-order valence-electron chi connectivity index (χ3n) is 3.18. The summed E-state index contributed by atoms with van der Waals surface area (Å²) >= 11 is 0. The predicted octanol–water partition coefficient (Wildman–Crippen LogP) is 3.95. The third-order valence-corrected chi connectivity index (χ3v) is 3.18. The van der Waals surface area contributed by atoms with Crippen LogP contribution in [-0.2, 0) is 0 Å². The molecule has 0 aliphatic rings. The molecule has 0 bridgehead atoms. The van der Waals surface area contributed by atoms with E-state index in [1.807, 2.05) is 24.3 Å². The summed E-state index contributed by atoms with van der Waals surface area (Å²) in [6.07, 6.45) is 4.45. The van der Waals surface area contributed by atoms with Crippen molar-refractivity contribution in [3.63, 3.8) is 0 Å². The van der Waals surface area contributed by atoms with Gasteiger partial charge in [0.1, 0.15) is 5.82 Å². The SMILES string of the molecule is CCCNC(C)c1ccc(F)c(-c2ccncc2)c1. The van der Waals surface area contributed by atoms with Crippen LogP contribution >= 0.6 is 0 Å². The fourth-order valence-corrected chi connectivity index (χ4v) is 2.04. The second-order valence-corrected chi connectivity index (χ2v) is 4.65. The fourth-order valence-electron chi connectivity index (χ4n) is 2.04. The standard InChI is InChI=1S/C16H19FN2/c1-3-8-19-12(2)14-4-5-16(17)15(11-14)13-6-9-18-10-7-13/h4-7,9-12,19H,3,8H2,1-2H3. The summed E-state index contributed by atoms with van der Waals surface area (Å²) in [5.41, 5.74) is 2.59. The van der Waals surface area contributed by atoms with Crippen molar-refractivity contribution >= 4 is 0 Å². The van der Waals surface area contributed by atoms with Gasteiger partial charge in [0, 0.05) is 24.0 Å². The van der Waals surface area contributed by atoms with Crippen molar-refractivity contribution in [3.05, 3.63) is 54.1 Å². The molecular formula is C16H19FN2. The zero-order valence-corrected chi connectivity index (χ0v) is 11.4. The van der Waals surface area contributed by atoms with Gasteiger partial charge in [0.2, 0.25) is 0 Å². The van der Waals surface area contributed by atoms with Gasteiger partial charge in [-0.3, -0.25) is 4.98 Å². The predicted molar refractivity (Wildman–Crippen MR) is 76.3 cm³/mol. The highest BCUT2D eigenvalue weighted by Gasteiger charge is 2.10. The monoisotopic (exact) mass is 258 g/mol. The van der Waals surface area contributed by atoms with Crippen molar-refractivity contribution < 1.29 is 4.39 Å². The molecule has 1 atom stereocenters. The van der Waals surface area contributed by atoms with Crippen molar-refractivity contribution in [1.82, 2.24) is 10.3 Å². The molecule has 1 heterocycles. The minimum Gasteiger partial charge on any atom is -0.310 e. The van der Waals surface area contributed by atoms with Crippen LogP contribution in [0.15, 0.2) is 42.7 Å². The lowest BCUT2D eigenvalue weighted by Crippen LogP contribution is -2.19. The molecule has 0 saturated carbocycles. The van der Waals surface area contributed by atoms with Crippen LogP contribution in [-0.4, -0.2) is 11.5 Å². The van der Waals surface area contributed by atoms with Gasteiger partial charge in [-0.05, 0) is 55.3 Å². The Hall–Kier alpha value is -1.74. The zero-order chi connectivity index (χ0) is 13.7. The molecule has 1 unspecified atom stereocenters. The summed E-state index contributed by atoms with van der Waals surface area (Å²) in [6, 6.07) is 9.17. The largest absolute Gasteiger partial charge is 0.310 e. The molecule has 0 aliphatic carbocycles. The van der Waals surface area contributed by atoms with Crippen molar-refractivity contribution in [2.24, 2.45) is 0 Å². The molecule has 2 aromatic rings. The maximum atomic E-state index is 13.9. The lowest BCUT2D eigenvalue weighted by molar-refractivity contribution is 0.568. The smallest absolute Gasteiger partial charge is 0.131 e. The first-order chi connectivity index (χ1) is 9.22. The summed E-state index contributed by atoms with van der Waals surface area (Å²) in [7, 11) is 0. The van der Waals surface area contributed by atoms with Crippen LogP contribution in [0.4, 0.5) is 4.39 Å². The van der Waals surface area contributed by atoms with E-state index in [1.54, 1.807) is 12.4 Å². The first kappa shape index (κ1) is 13.7. The van der Waals surface area contributed by atoms with Gasteiger partial charge >= 0.3 is 0 Å². The summed E-state index contributed by atoms with van der Waals surface area (Å²) in [4.78, 5) is 3.96. The van der Waals surface area contributed by atoms with Crippen LogP contribution < -0.4 is 5.32 Å². The van der Waals surface area contributed by atoms with Crippen LogP contribution in [0, 0.1) is 5.82 Å². The van der Waals surface area contributed by atoms with Crippen molar-refractivity contribution in [1.29, 1.82) is 0 Å². The Labute approximate surface area is 113 Å². The number of aromatic nitrogens is 1. The van der Waals surface area contributed by atoms with E-state index in [0.29, 0.717) is 5.56 Å². The summed E-state index contributed by atoms with van der Waals surface area (Å²) < 4.78 is 13.9. The highest BCUT2D eigenvalue weighted by molar-refractivity contribution is 5.64. The van der Waals surface area contributed by atoms with Crippen molar-refractivity contribution in [2.45, 2.75) is 26.3 Å². The summed E-state index contributed by atoms with van der Waals surface area (Å²) in [5, 5.41) is 3.41. The van der Waals surface area contributed by atoms with E-state index in [-0.39, 0.29) is 11.9 Å². The average Bonchev–Trinajstić information content (AvgIpc) is 2.46. The minimum absolute atomic E-state index is 0.197. The number of rotatable bonds is 5. The Morgan fingerprint density at radius 1 is 1.21 bits per heavy atom. The molecule has 0 aliphatic heterocycles. The molecule has 0 amide bonds. The Bertz CT molecular complexity index is 526. The van der Waals surface area contributed by atoms with E-state index < -0.39 is 0 Å². The summed E-state index contributed by atoms with van der Waals surface area (Å²) in [5.74, 6) is -0.197. The molecule has 0 saturated heterocycles. The third kappa shape index (κ3) is 3.38. The van der Waals surface area contributed by atoms with Gasteiger partial charge in [-0.1, -0.05) is 13.0 Å². The van der Waals surface area contributed by atoms with Crippen molar-refractivity contribution in [2.75, 3.05) is 6.54 Å². The van der Waals surface area contributed by atoms with E-state index in [1.165, 1.54) is 6.07 Å². The molecule has 2 nitrogen and oxygen atoms in total. The Balaban J connectivity index is 2.30. The maximum absolute atomic E-state index is 13.9. The molecule has 19 heavy (non-hydrogen) atoms. The first-order valence-corrected chi connectivity index (χ1v) is 6.65. The van der Waals surface area contributed by atoms with Crippen LogP contribution in [0.1, 0.15) is 31.9 Å².